The van der Waals surface area contributed by atoms with Crippen LogP contribution in [0.3, 0.4) is 0 Å². The van der Waals surface area contributed by atoms with Crippen molar-refractivity contribution in [1.82, 2.24) is 0 Å². The Morgan fingerprint density at radius 2 is 1.77 bits per heavy atom. The molecule has 0 spiro atoms. The summed E-state index contributed by atoms with van der Waals surface area (Å²) in [7, 11) is 0. The number of aryl methyl sites for hydroxylation is 2. The van der Waals surface area contributed by atoms with E-state index in [1.807, 2.05) is 0 Å². The Morgan fingerprint density at radius 1 is 1.08 bits per heavy atom. The van der Waals surface area contributed by atoms with E-state index in [0.29, 0.717) is 28.7 Å². The molecule has 0 aromatic heterocycles. The van der Waals surface area contributed by atoms with E-state index in [2.05, 4.69) is 6.92 Å². The third-order valence-electron chi connectivity index (χ3n) is 4.40. The molecule has 0 aliphatic heterocycles. The second-order valence-electron chi connectivity index (χ2n) is 6.34. The van der Waals surface area contributed by atoms with Gasteiger partial charge >= 0.3 is 0 Å². The summed E-state index contributed by atoms with van der Waals surface area (Å²) in [5.74, 6) is -0.855. The number of hydrogen-bond donors (Lipinski definition) is 1. The molecule has 4 heteroatoms. The minimum atomic E-state index is -0.509. The summed E-state index contributed by atoms with van der Waals surface area (Å²) in [5, 5.41) is 9.44. The lowest BCUT2D eigenvalue weighted by atomic mass is 9.87. The smallest absolute Gasteiger partial charge is 0.149 e. The van der Waals surface area contributed by atoms with Crippen molar-refractivity contribution in [3.63, 3.8) is 0 Å². The van der Waals surface area contributed by atoms with Crippen LogP contribution in [0.4, 0.5) is 8.78 Å². The van der Waals surface area contributed by atoms with Crippen molar-refractivity contribution in [3.05, 3.63) is 87.2 Å². The van der Waals surface area contributed by atoms with E-state index in [9.17, 15) is 9.50 Å². The van der Waals surface area contributed by atoms with Crippen LogP contribution >= 0.6 is 11.6 Å². The summed E-state index contributed by atoms with van der Waals surface area (Å²) >= 11 is 6.14. The third kappa shape index (κ3) is 4.34. The summed E-state index contributed by atoms with van der Waals surface area (Å²) in [6.07, 6.45) is 5.02. The second-order valence-corrected chi connectivity index (χ2v) is 6.71. The van der Waals surface area contributed by atoms with Gasteiger partial charge < -0.3 is 5.11 Å². The normalized spacial score (nSPS) is 12.5. The maximum absolute atomic E-state index is 15.0. The first-order valence-corrected chi connectivity index (χ1v) is 9.03. The molecule has 2 aromatic carbocycles. The number of unbranched alkanes of at least 4 members (excludes halogenated alkanes) is 1. The SMILES string of the molecule is CCCC/C(C=CO)=C(\c1ccc(F)cc1C)c1ccc(C)c(Cl)c1F. The van der Waals surface area contributed by atoms with Crippen molar-refractivity contribution in [3.8, 4) is 0 Å². The Balaban J connectivity index is 2.83. The Morgan fingerprint density at radius 3 is 2.38 bits per heavy atom. The maximum Gasteiger partial charge on any atom is 0.149 e. The topological polar surface area (TPSA) is 20.2 Å². The monoisotopic (exact) mass is 376 g/mol. The molecule has 0 amide bonds. The van der Waals surface area contributed by atoms with E-state index in [1.165, 1.54) is 12.1 Å². The highest BCUT2D eigenvalue weighted by Gasteiger charge is 2.19. The van der Waals surface area contributed by atoms with Crippen molar-refractivity contribution >= 4 is 17.2 Å². The number of allylic oxidation sites excluding steroid dienone is 2. The van der Waals surface area contributed by atoms with Crippen LogP contribution in [0.25, 0.3) is 5.57 Å². The molecule has 0 fully saturated rings. The molecule has 1 N–H and O–H groups in total. The number of halogens is 3. The van der Waals surface area contributed by atoms with Crippen LogP contribution in [0.2, 0.25) is 5.02 Å². The number of benzene rings is 2. The summed E-state index contributed by atoms with van der Waals surface area (Å²) in [6, 6.07) is 7.87. The zero-order chi connectivity index (χ0) is 19.3. The second kappa shape index (κ2) is 9.00. The van der Waals surface area contributed by atoms with Gasteiger partial charge in [0.1, 0.15) is 11.6 Å². The molecule has 26 heavy (non-hydrogen) atoms. The van der Waals surface area contributed by atoms with Gasteiger partial charge in [0.05, 0.1) is 11.3 Å². The van der Waals surface area contributed by atoms with Crippen LogP contribution in [-0.4, -0.2) is 5.11 Å². The van der Waals surface area contributed by atoms with Gasteiger partial charge in [-0.2, -0.15) is 0 Å². The first kappa shape index (κ1) is 20.2. The van der Waals surface area contributed by atoms with Crippen LogP contribution in [0.5, 0.6) is 0 Å². The Hall–Kier alpha value is -2.13. The van der Waals surface area contributed by atoms with E-state index in [1.54, 1.807) is 38.1 Å². The quantitative estimate of drug-likeness (QED) is 0.414. The standard InChI is InChI=1S/C22H23ClF2O/c1-4-5-6-16(11-12-26)20(18-10-8-17(24)13-15(18)3)19-9-7-14(2)21(23)22(19)25/h7-13,26H,4-6H2,1-3H3/b12-11?,20-16-. The van der Waals surface area contributed by atoms with Gasteiger partial charge in [0.2, 0.25) is 0 Å². The third-order valence-corrected chi connectivity index (χ3v) is 4.86. The molecule has 0 saturated carbocycles. The van der Waals surface area contributed by atoms with E-state index >= 15 is 4.39 Å². The Bertz CT molecular complexity index is 853. The highest BCUT2D eigenvalue weighted by Crippen LogP contribution is 2.36. The predicted octanol–water partition coefficient (Wildman–Crippen LogP) is 7.30. The fourth-order valence-electron chi connectivity index (χ4n) is 2.99. The molecule has 2 aromatic rings. The predicted molar refractivity (Wildman–Crippen MR) is 105 cm³/mol. The van der Waals surface area contributed by atoms with Crippen molar-refractivity contribution in [1.29, 1.82) is 0 Å². The first-order chi connectivity index (χ1) is 12.4. The van der Waals surface area contributed by atoms with Crippen LogP contribution in [0.15, 0.2) is 48.2 Å². The molecule has 138 valence electrons. The lowest BCUT2D eigenvalue weighted by molar-refractivity contribution is 0.473. The number of rotatable bonds is 6. The molecule has 0 radical (unpaired) electrons. The lowest BCUT2D eigenvalue weighted by Crippen LogP contribution is -2.01. The number of hydrogen-bond acceptors (Lipinski definition) is 1. The molecule has 0 unspecified atom stereocenters. The maximum atomic E-state index is 15.0. The lowest BCUT2D eigenvalue weighted by Gasteiger charge is -2.18. The average Bonchev–Trinajstić information content (AvgIpc) is 2.61. The summed E-state index contributed by atoms with van der Waals surface area (Å²) in [4.78, 5) is 0. The van der Waals surface area contributed by atoms with E-state index in [-0.39, 0.29) is 10.8 Å². The summed E-state index contributed by atoms with van der Waals surface area (Å²) in [6.45, 7) is 5.59. The molecule has 2 rings (SSSR count). The number of aliphatic hydroxyl groups is 1. The van der Waals surface area contributed by atoms with Gasteiger partial charge in [0.25, 0.3) is 0 Å². The molecule has 1 nitrogen and oxygen atoms in total. The van der Waals surface area contributed by atoms with Crippen LogP contribution in [-0.2, 0) is 0 Å². The zero-order valence-electron chi connectivity index (χ0n) is 15.2. The Kier molecular flexibility index (Phi) is 6.98. The van der Waals surface area contributed by atoms with Gasteiger partial charge in [-0.15, -0.1) is 0 Å². The average molecular weight is 377 g/mol. The zero-order valence-corrected chi connectivity index (χ0v) is 16.0. The van der Waals surface area contributed by atoms with Crippen LogP contribution in [0, 0.1) is 25.5 Å². The van der Waals surface area contributed by atoms with Crippen molar-refractivity contribution in [2.24, 2.45) is 0 Å². The van der Waals surface area contributed by atoms with E-state index in [0.717, 1.165) is 30.2 Å². The van der Waals surface area contributed by atoms with Crippen molar-refractivity contribution in [2.75, 3.05) is 0 Å². The molecular formula is C22H23ClF2O. The Labute approximate surface area is 158 Å². The molecule has 0 aliphatic rings. The molecule has 0 aliphatic carbocycles. The first-order valence-electron chi connectivity index (χ1n) is 8.66. The van der Waals surface area contributed by atoms with Gasteiger partial charge in [-0.1, -0.05) is 43.1 Å². The molecular weight excluding hydrogens is 354 g/mol. The molecule has 0 bridgehead atoms. The van der Waals surface area contributed by atoms with Gasteiger partial charge in [0, 0.05) is 5.56 Å². The van der Waals surface area contributed by atoms with Crippen LogP contribution < -0.4 is 0 Å². The highest BCUT2D eigenvalue weighted by atomic mass is 35.5. The molecule has 0 saturated heterocycles. The minimum Gasteiger partial charge on any atom is -0.516 e. The fourth-order valence-corrected chi connectivity index (χ4v) is 3.15. The van der Waals surface area contributed by atoms with Crippen molar-refractivity contribution in [2.45, 2.75) is 40.0 Å². The van der Waals surface area contributed by atoms with E-state index in [4.69, 9.17) is 11.6 Å². The number of aliphatic hydroxyl groups excluding tert-OH is 1. The van der Waals surface area contributed by atoms with Gasteiger partial charge in [-0.3, -0.25) is 0 Å². The van der Waals surface area contributed by atoms with E-state index < -0.39 is 5.82 Å². The van der Waals surface area contributed by atoms with Gasteiger partial charge in [0.15, 0.2) is 0 Å². The largest absolute Gasteiger partial charge is 0.516 e. The fraction of sp³-hybridized carbons (Fsp3) is 0.273. The van der Waals surface area contributed by atoms with Gasteiger partial charge in [-0.05, 0) is 72.7 Å². The minimum absolute atomic E-state index is 0.0718. The summed E-state index contributed by atoms with van der Waals surface area (Å²) in [5.41, 5.74) is 3.81. The molecule has 0 heterocycles. The summed E-state index contributed by atoms with van der Waals surface area (Å²) < 4.78 is 28.6. The van der Waals surface area contributed by atoms with Crippen LogP contribution in [0.1, 0.15) is 48.4 Å². The molecule has 0 atom stereocenters. The van der Waals surface area contributed by atoms with Gasteiger partial charge in [-0.25, -0.2) is 8.78 Å². The van der Waals surface area contributed by atoms with Crippen molar-refractivity contribution < 1.29 is 13.9 Å². The highest BCUT2D eigenvalue weighted by molar-refractivity contribution is 6.31.